The van der Waals surface area contributed by atoms with Crippen LogP contribution in [-0.2, 0) is 4.79 Å². The fourth-order valence-corrected chi connectivity index (χ4v) is 6.05. The molecule has 0 bridgehead atoms. The number of hydrogen-bond acceptors (Lipinski definition) is 7. The molecular formula is C34H40N8O. The van der Waals surface area contributed by atoms with E-state index in [0.29, 0.717) is 5.56 Å². The van der Waals surface area contributed by atoms with E-state index >= 15 is 0 Å². The zero-order valence-electron chi connectivity index (χ0n) is 25.5. The number of nitrogens with zero attached hydrogens (tertiary/aromatic N) is 6. The van der Waals surface area contributed by atoms with Gasteiger partial charge in [-0.25, -0.2) is 9.50 Å². The fraction of sp³-hybridized carbons (Fsp3) is 0.412. The van der Waals surface area contributed by atoms with Gasteiger partial charge in [0.25, 0.3) is 0 Å². The predicted molar refractivity (Wildman–Crippen MR) is 171 cm³/mol. The van der Waals surface area contributed by atoms with E-state index in [4.69, 9.17) is 4.98 Å². The van der Waals surface area contributed by atoms with Gasteiger partial charge in [0.15, 0.2) is 0 Å². The van der Waals surface area contributed by atoms with Gasteiger partial charge < -0.3 is 20.4 Å². The van der Waals surface area contributed by atoms with E-state index in [9.17, 15) is 10.1 Å². The fourth-order valence-electron chi connectivity index (χ4n) is 6.05. The number of fused-ring (bicyclic) bond motifs is 1. The molecule has 0 atom stereocenters. The van der Waals surface area contributed by atoms with Crippen molar-refractivity contribution in [2.24, 2.45) is 5.41 Å². The van der Waals surface area contributed by atoms with Crippen molar-refractivity contribution in [3.05, 3.63) is 66.6 Å². The van der Waals surface area contributed by atoms with Crippen LogP contribution in [0.5, 0.6) is 0 Å². The van der Waals surface area contributed by atoms with Crippen LogP contribution in [0, 0.1) is 16.7 Å². The Morgan fingerprint density at radius 2 is 1.65 bits per heavy atom. The third-order valence-corrected chi connectivity index (χ3v) is 8.70. The van der Waals surface area contributed by atoms with Crippen molar-refractivity contribution in [3.63, 3.8) is 0 Å². The molecule has 0 spiro atoms. The Kier molecular flexibility index (Phi) is 7.57. The summed E-state index contributed by atoms with van der Waals surface area (Å²) in [6.07, 6.45) is 7.04. The lowest BCUT2D eigenvalue weighted by Gasteiger charge is -2.40. The number of rotatable bonds is 5. The van der Waals surface area contributed by atoms with E-state index in [0.717, 1.165) is 85.7 Å². The number of amides is 1. The number of aromatic nitrogens is 3. The van der Waals surface area contributed by atoms with Crippen LogP contribution >= 0.6 is 0 Å². The lowest BCUT2D eigenvalue weighted by molar-refractivity contribution is -0.132. The Bertz CT molecular complexity index is 1650. The first-order valence-corrected chi connectivity index (χ1v) is 15.2. The highest BCUT2D eigenvalue weighted by molar-refractivity contribution is 5.88. The van der Waals surface area contributed by atoms with Gasteiger partial charge in [0.2, 0.25) is 5.91 Å². The maximum absolute atomic E-state index is 13.0. The largest absolute Gasteiger partial charge is 0.369 e. The molecule has 3 aromatic heterocycles. The number of piperidine rings is 1. The summed E-state index contributed by atoms with van der Waals surface area (Å²) < 4.78 is 1.80. The van der Waals surface area contributed by atoms with E-state index in [-0.39, 0.29) is 16.9 Å². The number of hydrogen-bond donors (Lipinski definition) is 2. The molecule has 9 nitrogen and oxygen atoms in total. The monoisotopic (exact) mass is 576 g/mol. The van der Waals surface area contributed by atoms with E-state index in [2.05, 4.69) is 74.9 Å². The third kappa shape index (κ3) is 5.93. The molecule has 2 saturated heterocycles. The van der Waals surface area contributed by atoms with Gasteiger partial charge in [-0.3, -0.25) is 4.79 Å². The second-order valence-corrected chi connectivity index (χ2v) is 13.0. The van der Waals surface area contributed by atoms with Crippen molar-refractivity contribution in [2.45, 2.75) is 46.1 Å². The van der Waals surface area contributed by atoms with Crippen molar-refractivity contribution in [1.82, 2.24) is 25.2 Å². The topological polar surface area (TPSA) is 102 Å². The third-order valence-electron chi connectivity index (χ3n) is 8.70. The highest BCUT2D eigenvalue weighted by Crippen LogP contribution is 2.36. The zero-order chi connectivity index (χ0) is 30.2. The van der Waals surface area contributed by atoms with Gasteiger partial charge >= 0.3 is 0 Å². The molecule has 222 valence electrons. The second kappa shape index (κ2) is 11.3. The molecule has 2 aliphatic heterocycles. The number of benzene rings is 1. The number of piperazine rings is 1. The smallest absolute Gasteiger partial charge is 0.226 e. The molecule has 0 unspecified atom stereocenters. The number of carbonyl (C=O) groups excluding carboxylic acids is 1. The molecule has 1 amide bonds. The maximum atomic E-state index is 13.0. The van der Waals surface area contributed by atoms with Gasteiger partial charge in [-0.2, -0.15) is 10.4 Å². The lowest BCUT2D eigenvalue weighted by Crippen LogP contribution is -2.52. The summed E-state index contributed by atoms with van der Waals surface area (Å²) in [5.41, 5.74) is 5.87. The van der Waals surface area contributed by atoms with Crippen molar-refractivity contribution >= 4 is 22.9 Å². The molecule has 2 aliphatic rings. The van der Waals surface area contributed by atoms with Crippen molar-refractivity contribution in [1.29, 1.82) is 5.26 Å². The Labute approximate surface area is 253 Å². The highest BCUT2D eigenvalue weighted by atomic mass is 16.2. The molecule has 5 heterocycles. The number of pyridine rings is 2. The Hall–Kier alpha value is -4.42. The minimum Gasteiger partial charge on any atom is -0.369 e. The first kappa shape index (κ1) is 28.7. The number of nitriles is 1. The molecule has 1 aromatic carbocycles. The Morgan fingerprint density at radius 1 is 0.953 bits per heavy atom. The first-order chi connectivity index (χ1) is 20.6. The molecule has 2 N–H and O–H groups in total. The van der Waals surface area contributed by atoms with Crippen molar-refractivity contribution < 1.29 is 4.79 Å². The molecule has 2 fully saturated rings. The first-order valence-electron chi connectivity index (χ1n) is 15.2. The summed E-state index contributed by atoms with van der Waals surface area (Å²) in [5, 5.41) is 20.9. The molecule has 0 saturated carbocycles. The molecule has 6 rings (SSSR count). The van der Waals surface area contributed by atoms with E-state index in [1.807, 2.05) is 39.2 Å². The van der Waals surface area contributed by atoms with Crippen molar-refractivity contribution in [2.75, 3.05) is 49.1 Å². The minimum atomic E-state index is -0.380. The van der Waals surface area contributed by atoms with Gasteiger partial charge in [0, 0.05) is 85.0 Å². The minimum absolute atomic E-state index is 0.124. The number of carbonyl (C=O) groups is 1. The summed E-state index contributed by atoms with van der Waals surface area (Å²) in [6.45, 7) is 13.7. The summed E-state index contributed by atoms with van der Waals surface area (Å²) in [6, 6.07) is 17.2. The van der Waals surface area contributed by atoms with E-state index < -0.39 is 0 Å². The van der Waals surface area contributed by atoms with Crippen LogP contribution in [0.1, 0.15) is 46.1 Å². The highest BCUT2D eigenvalue weighted by Gasteiger charge is 2.38. The van der Waals surface area contributed by atoms with Crippen LogP contribution in [0.4, 0.5) is 11.5 Å². The van der Waals surface area contributed by atoms with Crippen LogP contribution in [0.25, 0.3) is 27.8 Å². The van der Waals surface area contributed by atoms with Crippen molar-refractivity contribution in [3.8, 4) is 28.3 Å². The number of nitrogens with one attached hydrogen (secondary N) is 2. The predicted octanol–water partition coefficient (Wildman–Crippen LogP) is 4.87. The zero-order valence-corrected chi connectivity index (χ0v) is 25.5. The summed E-state index contributed by atoms with van der Waals surface area (Å²) in [4.78, 5) is 22.5. The van der Waals surface area contributed by atoms with E-state index in [1.54, 1.807) is 10.7 Å². The average molecular weight is 577 g/mol. The Balaban J connectivity index is 1.25. The quantitative estimate of drug-likeness (QED) is 0.350. The van der Waals surface area contributed by atoms with Crippen LogP contribution in [-0.4, -0.2) is 65.3 Å². The van der Waals surface area contributed by atoms with Crippen LogP contribution in [0.2, 0.25) is 0 Å². The standard InChI is InChI=1S/C34H40N8O/c1-33(2,3)39-32(43)34(4)11-15-41(16-12-34)30-10-7-25(21-37-30)29-19-26(23-42-31(29)27(20-35)22-38-42)24-5-8-28(9-6-24)40-17-13-36-14-18-40/h5-10,19,21-23,36H,11-18H2,1-4H3,(H,39,43). The van der Waals surface area contributed by atoms with E-state index in [1.165, 1.54) is 5.69 Å². The maximum Gasteiger partial charge on any atom is 0.226 e. The molecule has 9 heteroatoms. The Morgan fingerprint density at radius 3 is 2.28 bits per heavy atom. The normalized spacial score (nSPS) is 17.1. The van der Waals surface area contributed by atoms with Gasteiger partial charge in [-0.1, -0.05) is 19.1 Å². The molecule has 0 radical (unpaired) electrons. The molecule has 0 aliphatic carbocycles. The summed E-state index contributed by atoms with van der Waals surface area (Å²) in [5.74, 6) is 1.02. The van der Waals surface area contributed by atoms with Crippen LogP contribution in [0.3, 0.4) is 0 Å². The lowest BCUT2D eigenvalue weighted by atomic mass is 9.79. The molecular weight excluding hydrogens is 536 g/mol. The second-order valence-electron chi connectivity index (χ2n) is 13.0. The molecule has 4 aromatic rings. The SMILES string of the molecule is CC(C)(C)NC(=O)C1(C)CCN(c2ccc(-c3cc(-c4ccc(N5CCNCC5)cc4)cn4ncc(C#N)c34)cn2)CC1. The van der Waals surface area contributed by atoms with Gasteiger partial charge in [0.1, 0.15) is 11.9 Å². The van der Waals surface area contributed by atoms with Gasteiger partial charge in [-0.15, -0.1) is 0 Å². The van der Waals surface area contributed by atoms with Crippen LogP contribution < -0.4 is 20.4 Å². The molecule has 43 heavy (non-hydrogen) atoms. The van der Waals surface area contributed by atoms with Crippen LogP contribution in [0.15, 0.2) is 61.1 Å². The van der Waals surface area contributed by atoms with Gasteiger partial charge in [0.05, 0.1) is 17.3 Å². The summed E-state index contributed by atoms with van der Waals surface area (Å²) in [7, 11) is 0. The van der Waals surface area contributed by atoms with Gasteiger partial charge in [-0.05, 0) is 69.5 Å². The number of anilines is 2. The average Bonchev–Trinajstić information content (AvgIpc) is 3.44. The summed E-state index contributed by atoms with van der Waals surface area (Å²) >= 11 is 0.